The van der Waals surface area contributed by atoms with Gasteiger partial charge in [-0.05, 0) is 18.9 Å². The van der Waals surface area contributed by atoms with Crippen molar-refractivity contribution in [2.24, 2.45) is 11.7 Å². The summed E-state index contributed by atoms with van der Waals surface area (Å²) in [7, 11) is 0. The van der Waals surface area contributed by atoms with E-state index in [0.717, 1.165) is 13.0 Å². The molecule has 0 amide bonds. The number of nitrogens with two attached hydrogens (primary N) is 1. The first-order chi connectivity index (χ1) is 5.13. The molecule has 0 bridgehead atoms. The predicted octanol–water partition coefficient (Wildman–Crippen LogP) is 0.571. The molecule has 2 atom stereocenters. The van der Waals surface area contributed by atoms with Crippen LogP contribution in [0.2, 0.25) is 0 Å². The molecule has 0 saturated carbocycles. The van der Waals surface area contributed by atoms with Gasteiger partial charge in [-0.2, -0.15) is 0 Å². The third-order valence-electron chi connectivity index (χ3n) is 2.56. The van der Waals surface area contributed by atoms with Crippen LogP contribution in [0.1, 0.15) is 13.3 Å². The van der Waals surface area contributed by atoms with Gasteiger partial charge >= 0.3 is 0 Å². The van der Waals surface area contributed by atoms with Gasteiger partial charge in [0.25, 0.3) is 0 Å². The van der Waals surface area contributed by atoms with Crippen molar-refractivity contribution in [3.63, 3.8) is 0 Å². The standard InChI is InChI=1S/C7H14N2S2/c1-5-2-3-9-7(5,4-8)6(10)11/h5,9H,2-4,8H2,1H3,(H,10,11). The molecular formula is C7H14N2S2. The third-order valence-corrected chi connectivity index (χ3v) is 3.33. The molecule has 64 valence electrons. The molecule has 0 aliphatic carbocycles. The topological polar surface area (TPSA) is 38.0 Å². The van der Waals surface area contributed by atoms with E-state index in [1.165, 1.54) is 0 Å². The van der Waals surface area contributed by atoms with Gasteiger partial charge in [0.05, 0.1) is 9.74 Å². The number of thiocarbonyl (C=S) groups is 1. The zero-order valence-electron chi connectivity index (χ0n) is 6.63. The van der Waals surface area contributed by atoms with Gasteiger partial charge in [-0.1, -0.05) is 19.1 Å². The normalized spacial score (nSPS) is 37.5. The van der Waals surface area contributed by atoms with Gasteiger partial charge in [-0.3, -0.25) is 0 Å². The van der Waals surface area contributed by atoms with Gasteiger partial charge < -0.3 is 11.1 Å². The summed E-state index contributed by atoms with van der Waals surface area (Å²) in [5, 5.41) is 3.33. The zero-order valence-corrected chi connectivity index (χ0v) is 8.34. The lowest BCUT2D eigenvalue weighted by Crippen LogP contribution is -2.54. The summed E-state index contributed by atoms with van der Waals surface area (Å²) in [5.74, 6) is 0.512. The number of thiol groups is 1. The van der Waals surface area contributed by atoms with Crippen LogP contribution in [0, 0.1) is 5.92 Å². The Bertz CT molecular complexity index is 172. The second kappa shape index (κ2) is 3.39. The molecule has 0 aromatic heterocycles. The molecule has 0 aromatic carbocycles. The lowest BCUT2D eigenvalue weighted by molar-refractivity contribution is 0.418. The lowest BCUT2D eigenvalue weighted by atomic mass is 9.89. The summed E-state index contributed by atoms with van der Waals surface area (Å²) in [5.41, 5.74) is 5.48. The second-order valence-corrected chi connectivity index (χ2v) is 4.26. The van der Waals surface area contributed by atoms with Crippen LogP contribution >= 0.6 is 24.8 Å². The monoisotopic (exact) mass is 190 g/mol. The Morgan fingerprint density at radius 3 is 2.73 bits per heavy atom. The summed E-state index contributed by atoms with van der Waals surface area (Å²) in [6.45, 7) is 3.71. The molecule has 2 nitrogen and oxygen atoms in total. The van der Waals surface area contributed by atoms with E-state index in [0.29, 0.717) is 16.7 Å². The van der Waals surface area contributed by atoms with E-state index in [1.54, 1.807) is 0 Å². The molecule has 1 aliphatic rings. The van der Waals surface area contributed by atoms with E-state index in [1.807, 2.05) is 0 Å². The summed E-state index contributed by atoms with van der Waals surface area (Å²) in [4.78, 5) is 0. The van der Waals surface area contributed by atoms with Gasteiger partial charge in [0, 0.05) is 6.54 Å². The van der Waals surface area contributed by atoms with Crippen LogP contribution in [-0.2, 0) is 0 Å². The Morgan fingerprint density at radius 2 is 2.55 bits per heavy atom. The minimum atomic E-state index is -0.182. The first-order valence-corrected chi connectivity index (χ1v) is 4.67. The fraction of sp³-hybridized carbons (Fsp3) is 0.857. The summed E-state index contributed by atoms with van der Waals surface area (Å²) >= 11 is 9.27. The molecule has 0 radical (unpaired) electrons. The van der Waals surface area contributed by atoms with Gasteiger partial charge in [0.2, 0.25) is 0 Å². The summed E-state index contributed by atoms with van der Waals surface area (Å²) in [6.07, 6.45) is 1.14. The minimum Gasteiger partial charge on any atom is -0.328 e. The van der Waals surface area contributed by atoms with Crippen molar-refractivity contribution in [3.05, 3.63) is 0 Å². The van der Waals surface area contributed by atoms with Gasteiger partial charge in [0.15, 0.2) is 0 Å². The highest BCUT2D eigenvalue weighted by Crippen LogP contribution is 2.28. The molecular weight excluding hydrogens is 176 g/mol. The van der Waals surface area contributed by atoms with Crippen LogP contribution < -0.4 is 11.1 Å². The molecule has 0 aromatic rings. The van der Waals surface area contributed by atoms with Crippen LogP contribution in [0.5, 0.6) is 0 Å². The maximum Gasteiger partial charge on any atom is 0.0746 e. The van der Waals surface area contributed by atoms with Crippen molar-refractivity contribution in [2.45, 2.75) is 18.9 Å². The molecule has 11 heavy (non-hydrogen) atoms. The molecule has 1 aliphatic heterocycles. The van der Waals surface area contributed by atoms with Crippen molar-refractivity contribution in [1.29, 1.82) is 0 Å². The van der Waals surface area contributed by atoms with Crippen LogP contribution in [0.25, 0.3) is 0 Å². The second-order valence-electron chi connectivity index (χ2n) is 3.10. The Kier molecular flexibility index (Phi) is 2.91. The fourth-order valence-electron chi connectivity index (χ4n) is 1.58. The average molecular weight is 190 g/mol. The highest BCUT2D eigenvalue weighted by atomic mass is 32.1. The summed E-state index contributed by atoms with van der Waals surface area (Å²) < 4.78 is 0.699. The van der Waals surface area contributed by atoms with Gasteiger partial charge in [-0.15, -0.1) is 12.6 Å². The van der Waals surface area contributed by atoms with E-state index in [9.17, 15) is 0 Å². The maximum atomic E-state index is 5.66. The van der Waals surface area contributed by atoms with Crippen molar-refractivity contribution >= 4 is 29.0 Å². The number of hydrogen-bond donors (Lipinski definition) is 3. The van der Waals surface area contributed by atoms with E-state index in [-0.39, 0.29) is 5.54 Å². The molecule has 0 spiro atoms. The Labute approximate surface area is 78.3 Å². The van der Waals surface area contributed by atoms with E-state index >= 15 is 0 Å². The van der Waals surface area contributed by atoms with Crippen LogP contribution in [0.3, 0.4) is 0 Å². The quantitative estimate of drug-likeness (QED) is 0.440. The number of rotatable bonds is 2. The molecule has 1 heterocycles. The molecule has 3 N–H and O–H groups in total. The van der Waals surface area contributed by atoms with E-state index in [4.69, 9.17) is 18.0 Å². The van der Waals surface area contributed by atoms with Crippen LogP contribution in [0.4, 0.5) is 0 Å². The largest absolute Gasteiger partial charge is 0.328 e. The Hall–Kier alpha value is 0.360. The first kappa shape index (κ1) is 9.45. The maximum absolute atomic E-state index is 5.66. The van der Waals surface area contributed by atoms with E-state index in [2.05, 4.69) is 24.9 Å². The zero-order chi connectivity index (χ0) is 8.48. The highest BCUT2D eigenvalue weighted by molar-refractivity contribution is 8.11. The number of hydrogen-bond acceptors (Lipinski definition) is 3. The van der Waals surface area contributed by atoms with Gasteiger partial charge in [0.1, 0.15) is 0 Å². The number of nitrogens with one attached hydrogen (secondary N) is 1. The van der Waals surface area contributed by atoms with Gasteiger partial charge in [-0.25, -0.2) is 0 Å². The smallest absolute Gasteiger partial charge is 0.0746 e. The van der Waals surface area contributed by atoms with Crippen LogP contribution in [0.15, 0.2) is 0 Å². The average Bonchev–Trinajstić information content (AvgIpc) is 2.32. The lowest BCUT2D eigenvalue weighted by Gasteiger charge is -2.31. The molecule has 2 unspecified atom stereocenters. The fourth-order valence-corrected chi connectivity index (χ4v) is 2.33. The minimum absolute atomic E-state index is 0.182. The Morgan fingerprint density at radius 1 is 1.91 bits per heavy atom. The van der Waals surface area contributed by atoms with Crippen molar-refractivity contribution in [2.75, 3.05) is 13.1 Å². The van der Waals surface area contributed by atoms with Crippen molar-refractivity contribution in [3.8, 4) is 0 Å². The summed E-state index contributed by atoms with van der Waals surface area (Å²) in [6, 6.07) is 0. The predicted molar refractivity (Wildman–Crippen MR) is 55.2 cm³/mol. The van der Waals surface area contributed by atoms with Crippen LogP contribution in [-0.4, -0.2) is 22.8 Å². The van der Waals surface area contributed by atoms with E-state index < -0.39 is 0 Å². The van der Waals surface area contributed by atoms with Crippen molar-refractivity contribution < 1.29 is 0 Å². The molecule has 1 rings (SSSR count). The SMILES string of the molecule is CC1CCNC1(CN)C(=S)S. The van der Waals surface area contributed by atoms with Crippen molar-refractivity contribution in [1.82, 2.24) is 5.32 Å². The molecule has 1 fully saturated rings. The Balaban J connectivity index is 2.82. The first-order valence-electron chi connectivity index (χ1n) is 3.82. The highest BCUT2D eigenvalue weighted by Gasteiger charge is 2.40. The molecule has 1 saturated heterocycles. The molecule has 4 heteroatoms. The third kappa shape index (κ3) is 1.45.